The fraction of sp³-hybridized carbons (Fsp3) is 0.429. The number of nitrogens with zero attached hydrogens (tertiary/aromatic N) is 4. The monoisotopic (exact) mass is 443 g/mol. The number of H-pyrrole nitrogens is 1. The second-order valence-electron chi connectivity index (χ2n) is 7.43. The highest BCUT2D eigenvalue weighted by molar-refractivity contribution is 7.99. The molecule has 7 nitrogen and oxygen atoms in total. The Balaban J connectivity index is 1.34. The summed E-state index contributed by atoms with van der Waals surface area (Å²) < 4.78 is 0. The highest BCUT2D eigenvalue weighted by Gasteiger charge is 2.26. The lowest BCUT2D eigenvalue weighted by Crippen LogP contribution is -2.50. The number of fused-ring (bicyclic) bond motifs is 1. The van der Waals surface area contributed by atoms with Crippen LogP contribution in [0.4, 0.5) is 5.82 Å². The zero-order valence-corrected chi connectivity index (χ0v) is 19.0. The van der Waals surface area contributed by atoms with Gasteiger partial charge in [0.2, 0.25) is 5.91 Å². The van der Waals surface area contributed by atoms with E-state index in [4.69, 9.17) is 0 Å². The van der Waals surface area contributed by atoms with Crippen LogP contribution in [-0.4, -0.2) is 57.2 Å². The Morgan fingerprint density at radius 2 is 2.03 bits per heavy atom. The zero-order chi connectivity index (χ0) is 21.3. The van der Waals surface area contributed by atoms with Crippen molar-refractivity contribution in [2.24, 2.45) is 0 Å². The Hall–Kier alpha value is -2.39. The van der Waals surface area contributed by atoms with Crippen molar-refractivity contribution in [1.82, 2.24) is 19.9 Å². The van der Waals surface area contributed by atoms with Crippen LogP contribution in [0.25, 0.3) is 10.2 Å². The maximum Gasteiger partial charge on any atom is 0.259 e. The van der Waals surface area contributed by atoms with Gasteiger partial charge in [-0.3, -0.25) is 9.59 Å². The molecule has 3 aromatic rings. The van der Waals surface area contributed by atoms with Crippen LogP contribution in [-0.2, 0) is 10.5 Å². The van der Waals surface area contributed by atoms with Crippen LogP contribution in [0, 0.1) is 13.8 Å². The number of piperazine rings is 1. The molecule has 1 atom stereocenters. The van der Waals surface area contributed by atoms with Gasteiger partial charge >= 0.3 is 0 Å². The fourth-order valence-electron chi connectivity index (χ4n) is 3.60. The number of amides is 1. The highest BCUT2D eigenvalue weighted by Crippen LogP contribution is 2.27. The van der Waals surface area contributed by atoms with E-state index in [1.54, 1.807) is 17.5 Å². The topological polar surface area (TPSA) is 82.2 Å². The minimum absolute atomic E-state index is 0.0953. The molecule has 0 radical (unpaired) electrons. The number of thioether (sulfide) groups is 1. The van der Waals surface area contributed by atoms with Crippen molar-refractivity contribution in [3.05, 3.63) is 51.0 Å². The summed E-state index contributed by atoms with van der Waals surface area (Å²) in [5, 5.41) is 0.486. The van der Waals surface area contributed by atoms with E-state index in [1.807, 2.05) is 43.9 Å². The van der Waals surface area contributed by atoms with Crippen LogP contribution in [0.1, 0.15) is 23.2 Å². The Morgan fingerprint density at radius 3 is 2.73 bits per heavy atom. The molecule has 1 N–H and O–H groups in total. The van der Waals surface area contributed by atoms with Crippen molar-refractivity contribution in [2.45, 2.75) is 31.8 Å². The first-order chi connectivity index (χ1) is 14.4. The lowest BCUT2D eigenvalue weighted by Gasteiger charge is -2.36. The molecule has 0 spiro atoms. The molecule has 9 heteroatoms. The van der Waals surface area contributed by atoms with Crippen LogP contribution in [0.15, 0.2) is 29.2 Å². The largest absolute Gasteiger partial charge is 0.353 e. The van der Waals surface area contributed by atoms with E-state index in [0.717, 1.165) is 34.2 Å². The number of carbonyl (C=O) groups is 1. The van der Waals surface area contributed by atoms with Crippen molar-refractivity contribution >= 4 is 45.0 Å². The maximum absolute atomic E-state index is 12.9. The molecule has 0 unspecified atom stereocenters. The van der Waals surface area contributed by atoms with Crippen LogP contribution in [0.5, 0.6) is 0 Å². The smallest absolute Gasteiger partial charge is 0.259 e. The molecule has 30 heavy (non-hydrogen) atoms. The number of carbonyl (C=O) groups excluding carboxylic acids is 1. The quantitative estimate of drug-likeness (QED) is 0.653. The third-order valence-electron chi connectivity index (χ3n) is 5.47. The summed E-state index contributed by atoms with van der Waals surface area (Å²) in [6.45, 7) is 8.82. The van der Waals surface area contributed by atoms with Crippen LogP contribution in [0.3, 0.4) is 0 Å². The molecule has 1 aliphatic heterocycles. The van der Waals surface area contributed by atoms with Gasteiger partial charge in [0.15, 0.2) is 0 Å². The summed E-state index contributed by atoms with van der Waals surface area (Å²) >= 11 is 3.05. The molecule has 1 saturated heterocycles. The van der Waals surface area contributed by atoms with Gasteiger partial charge in [-0.2, -0.15) is 0 Å². The van der Waals surface area contributed by atoms with Gasteiger partial charge in [-0.05, 0) is 38.5 Å². The van der Waals surface area contributed by atoms with Crippen molar-refractivity contribution in [3.8, 4) is 0 Å². The van der Waals surface area contributed by atoms with Gasteiger partial charge in [0.1, 0.15) is 16.5 Å². The van der Waals surface area contributed by atoms with Gasteiger partial charge in [-0.1, -0.05) is 6.07 Å². The normalized spacial score (nSPS) is 15.6. The summed E-state index contributed by atoms with van der Waals surface area (Å²) in [6.07, 6.45) is 1.79. The summed E-state index contributed by atoms with van der Waals surface area (Å²) in [5.41, 5.74) is 0.901. The molecule has 0 aromatic carbocycles. The average molecular weight is 444 g/mol. The number of aryl methyl sites for hydroxylation is 2. The first-order valence-electron chi connectivity index (χ1n) is 9.99. The molecule has 0 saturated carbocycles. The Morgan fingerprint density at radius 1 is 1.27 bits per heavy atom. The molecule has 0 aliphatic carbocycles. The van der Waals surface area contributed by atoms with Crippen molar-refractivity contribution in [1.29, 1.82) is 0 Å². The van der Waals surface area contributed by atoms with E-state index in [2.05, 4.69) is 19.9 Å². The Labute approximate surface area is 183 Å². The summed E-state index contributed by atoms with van der Waals surface area (Å²) in [6, 6.07) is 5.88. The first-order valence-corrected chi connectivity index (χ1v) is 11.9. The minimum Gasteiger partial charge on any atom is -0.353 e. The minimum atomic E-state index is -0.195. The second kappa shape index (κ2) is 8.77. The highest BCUT2D eigenvalue weighted by atomic mass is 32.2. The standard InChI is InChI=1S/C21H25N5O2S2/c1-13-14(2)30-20-18(13)19(27)23-16(24-20)12-29-15(3)21(28)26-10-8-25(9-11-26)17-6-4-5-7-22-17/h4-7,15H,8-12H2,1-3H3,(H,23,24,27)/t15-/m1/s1. The summed E-state index contributed by atoms with van der Waals surface area (Å²) in [4.78, 5) is 43.2. The molecule has 4 rings (SSSR count). The van der Waals surface area contributed by atoms with E-state index >= 15 is 0 Å². The van der Waals surface area contributed by atoms with Crippen LogP contribution >= 0.6 is 23.1 Å². The number of aromatic amines is 1. The van der Waals surface area contributed by atoms with Crippen molar-refractivity contribution in [3.63, 3.8) is 0 Å². The number of pyridine rings is 1. The Bertz CT molecular complexity index is 1100. The lowest BCUT2D eigenvalue weighted by atomic mass is 10.2. The maximum atomic E-state index is 12.9. The molecular formula is C21H25N5O2S2. The Kier molecular flexibility index (Phi) is 6.10. The van der Waals surface area contributed by atoms with E-state index in [1.165, 1.54) is 11.8 Å². The second-order valence-corrected chi connectivity index (χ2v) is 9.96. The molecule has 1 aliphatic rings. The summed E-state index contributed by atoms with van der Waals surface area (Å²) in [5.74, 6) is 2.21. The predicted octanol–water partition coefficient (Wildman–Crippen LogP) is 2.97. The zero-order valence-electron chi connectivity index (χ0n) is 17.3. The van der Waals surface area contributed by atoms with Gasteiger partial charge < -0.3 is 14.8 Å². The van der Waals surface area contributed by atoms with E-state index in [-0.39, 0.29) is 16.7 Å². The SMILES string of the molecule is Cc1sc2nc(CS[C@H](C)C(=O)N3CCN(c4ccccn4)CC3)[nH]c(=O)c2c1C. The molecule has 3 aromatic heterocycles. The van der Waals surface area contributed by atoms with E-state index in [9.17, 15) is 9.59 Å². The van der Waals surface area contributed by atoms with Crippen LogP contribution < -0.4 is 10.5 Å². The number of aromatic nitrogens is 3. The number of hydrogen-bond donors (Lipinski definition) is 1. The third-order valence-corrected chi connectivity index (χ3v) is 7.71. The molecule has 1 amide bonds. The van der Waals surface area contributed by atoms with Crippen molar-refractivity contribution in [2.75, 3.05) is 31.1 Å². The number of rotatable bonds is 5. The average Bonchev–Trinajstić information content (AvgIpc) is 3.06. The van der Waals surface area contributed by atoms with Gasteiger partial charge in [0.05, 0.1) is 16.4 Å². The number of thiophene rings is 1. The van der Waals surface area contributed by atoms with Gasteiger partial charge in [-0.25, -0.2) is 9.97 Å². The number of hydrogen-bond acceptors (Lipinski definition) is 7. The third kappa shape index (κ3) is 4.22. The lowest BCUT2D eigenvalue weighted by molar-refractivity contribution is -0.130. The molecular weight excluding hydrogens is 418 g/mol. The van der Waals surface area contributed by atoms with Gasteiger partial charge in [0, 0.05) is 37.3 Å². The molecule has 158 valence electrons. The van der Waals surface area contributed by atoms with Crippen molar-refractivity contribution < 1.29 is 4.79 Å². The van der Waals surface area contributed by atoms with Crippen LogP contribution in [0.2, 0.25) is 0 Å². The van der Waals surface area contributed by atoms with E-state index in [0.29, 0.717) is 30.1 Å². The van der Waals surface area contributed by atoms with E-state index < -0.39 is 0 Å². The van der Waals surface area contributed by atoms with Gasteiger partial charge in [0.25, 0.3) is 5.56 Å². The predicted molar refractivity (Wildman–Crippen MR) is 124 cm³/mol. The number of nitrogens with one attached hydrogen (secondary N) is 1. The fourth-order valence-corrected chi connectivity index (χ4v) is 5.48. The number of anilines is 1. The van der Waals surface area contributed by atoms with Gasteiger partial charge in [-0.15, -0.1) is 23.1 Å². The molecule has 4 heterocycles. The molecule has 1 fully saturated rings. The first kappa shape index (κ1) is 20.9. The summed E-state index contributed by atoms with van der Waals surface area (Å²) in [7, 11) is 0. The molecule has 0 bridgehead atoms.